The van der Waals surface area contributed by atoms with Gasteiger partial charge in [0.25, 0.3) is 0 Å². The zero-order valence-electron chi connectivity index (χ0n) is 21.9. The van der Waals surface area contributed by atoms with Crippen molar-refractivity contribution in [3.8, 4) is 39.7 Å². The Morgan fingerprint density at radius 2 is 1.55 bits per heavy atom. The number of methoxy groups -OCH3 is 1. The van der Waals surface area contributed by atoms with Gasteiger partial charge in [0.1, 0.15) is 17.8 Å². The van der Waals surface area contributed by atoms with Crippen LogP contribution in [0, 0.1) is 0 Å². The molecule has 6 nitrogen and oxygen atoms in total. The number of hydrogen-bond donors (Lipinski definition) is 2. The van der Waals surface area contributed by atoms with E-state index >= 15 is 0 Å². The summed E-state index contributed by atoms with van der Waals surface area (Å²) in [6, 6.07) is 27.7. The van der Waals surface area contributed by atoms with Crippen molar-refractivity contribution < 1.29 is 31.4 Å². The first-order chi connectivity index (χ1) is 20.0. The van der Waals surface area contributed by atoms with Crippen molar-refractivity contribution in [1.82, 2.24) is 14.8 Å². The Kier molecular flexibility index (Phi) is 8.08. The maximum Gasteiger partial charge on any atom is 0.499 e. The van der Waals surface area contributed by atoms with Gasteiger partial charge in [0.05, 0.1) is 18.2 Å². The van der Waals surface area contributed by atoms with Gasteiger partial charge in [-0.2, -0.15) is 22.0 Å². The summed E-state index contributed by atoms with van der Waals surface area (Å²) in [7, 11) is 1.64. The standard InChI is InChI=1S/C30H23F5N4O2S/c1-40-26-8-3-2-7-25(26)20-5-4-6-21(17-20)28(42)37-22-11-9-19(10-12-22)27-36-18-39(38-27)23-13-15-24(16-14-23)41-30(34,35)29(31,32)33/h2-18,28,37,42H,1H3. The van der Waals surface area contributed by atoms with E-state index in [9.17, 15) is 22.0 Å². The number of nitrogens with one attached hydrogen (secondary N) is 1. The van der Waals surface area contributed by atoms with E-state index in [2.05, 4.69) is 20.1 Å². The van der Waals surface area contributed by atoms with Crippen molar-refractivity contribution in [2.75, 3.05) is 12.4 Å². The summed E-state index contributed by atoms with van der Waals surface area (Å²) < 4.78 is 74.1. The largest absolute Gasteiger partial charge is 0.499 e. The molecule has 1 unspecified atom stereocenters. The molecular formula is C30H23F5N4O2S. The molecule has 5 rings (SSSR count). The van der Waals surface area contributed by atoms with Gasteiger partial charge in [-0.1, -0.05) is 36.4 Å². The summed E-state index contributed by atoms with van der Waals surface area (Å²) >= 11 is 4.75. The number of alkyl halides is 5. The Morgan fingerprint density at radius 3 is 2.24 bits per heavy atom. The summed E-state index contributed by atoms with van der Waals surface area (Å²) in [6.45, 7) is 0. The topological polar surface area (TPSA) is 61.2 Å². The second-order valence-corrected chi connectivity index (χ2v) is 9.59. The van der Waals surface area contributed by atoms with Crippen LogP contribution in [-0.4, -0.2) is 34.2 Å². The molecule has 1 heterocycles. The van der Waals surface area contributed by atoms with E-state index in [1.165, 1.54) is 23.1 Å². The summed E-state index contributed by atoms with van der Waals surface area (Å²) in [4.78, 5) is 4.27. The van der Waals surface area contributed by atoms with Crippen LogP contribution in [0.15, 0.2) is 103 Å². The fourth-order valence-electron chi connectivity index (χ4n) is 4.11. The van der Waals surface area contributed by atoms with Crippen molar-refractivity contribution in [3.05, 3.63) is 109 Å². The minimum atomic E-state index is -5.83. The molecule has 1 aromatic heterocycles. The molecule has 0 fully saturated rings. The summed E-state index contributed by atoms with van der Waals surface area (Å²) in [5.41, 5.74) is 4.85. The highest BCUT2D eigenvalue weighted by Gasteiger charge is 2.61. The molecule has 0 saturated heterocycles. The van der Waals surface area contributed by atoms with Crippen molar-refractivity contribution in [3.63, 3.8) is 0 Å². The van der Waals surface area contributed by atoms with E-state index in [1.54, 1.807) is 7.11 Å². The zero-order valence-corrected chi connectivity index (χ0v) is 22.8. The van der Waals surface area contributed by atoms with Gasteiger partial charge < -0.3 is 14.8 Å². The Balaban J connectivity index is 1.25. The summed E-state index contributed by atoms with van der Waals surface area (Å²) in [5, 5.41) is 7.43. The van der Waals surface area contributed by atoms with Crippen LogP contribution in [0.2, 0.25) is 0 Å². The van der Waals surface area contributed by atoms with E-state index in [0.717, 1.165) is 40.3 Å². The number of nitrogens with zero attached hydrogens (tertiary/aromatic N) is 3. The molecule has 5 aromatic rings. The molecule has 4 aromatic carbocycles. The van der Waals surface area contributed by atoms with Crippen LogP contribution >= 0.6 is 12.6 Å². The molecule has 0 aliphatic carbocycles. The molecule has 12 heteroatoms. The number of anilines is 1. The molecule has 0 aliphatic rings. The van der Waals surface area contributed by atoms with Gasteiger partial charge in [0.2, 0.25) is 0 Å². The van der Waals surface area contributed by atoms with E-state index < -0.39 is 18.0 Å². The molecule has 0 amide bonds. The molecule has 0 spiro atoms. The SMILES string of the molecule is COc1ccccc1-c1cccc(C(S)Nc2ccc(-c3ncn(-c4ccc(OC(F)(F)C(F)(F)F)cc4)n3)cc2)c1. The van der Waals surface area contributed by atoms with Gasteiger partial charge in [-0.25, -0.2) is 9.67 Å². The highest BCUT2D eigenvalue weighted by Crippen LogP contribution is 2.37. The third-order valence-corrected chi connectivity index (χ3v) is 6.66. The fourth-order valence-corrected chi connectivity index (χ4v) is 4.42. The molecule has 0 saturated carbocycles. The van der Waals surface area contributed by atoms with Crippen LogP contribution in [0.5, 0.6) is 11.5 Å². The van der Waals surface area contributed by atoms with Gasteiger partial charge >= 0.3 is 12.3 Å². The Morgan fingerprint density at radius 1 is 0.833 bits per heavy atom. The van der Waals surface area contributed by atoms with Crippen LogP contribution < -0.4 is 14.8 Å². The first kappa shape index (κ1) is 28.9. The van der Waals surface area contributed by atoms with Crippen LogP contribution in [0.25, 0.3) is 28.2 Å². The molecule has 216 valence electrons. The van der Waals surface area contributed by atoms with E-state index in [-0.39, 0.29) is 5.37 Å². The van der Waals surface area contributed by atoms with Gasteiger partial charge in [-0.15, -0.1) is 17.7 Å². The van der Waals surface area contributed by atoms with Crippen molar-refractivity contribution in [2.24, 2.45) is 0 Å². The van der Waals surface area contributed by atoms with Crippen molar-refractivity contribution in [2.45, 2.75) is 17.7 Å². The van der Waals surface area contributed by atoms with Crippen molar-refractivity contribution >= 4 is 18.3 Å². The van der Waals surface area contributed by atoms with Crippen LogP contribution in [-0.2, 0) is 0 Å². The number of halogens is 5. The molecular weight excluding hydrogens is 575 g/mol. The van der Waals surface area contributed by atoms with Gasteiger partial charge in [0.15, 0.2) is 5.82 Å². The Hall–Kier alpha value is -4.58. The lowest BCUT2D eigenvalue weighted by Gasteiger charge is -2.20. The van der Waals surface area contributed by atoms with Gasteiger partial charge in [-0.05, 0) is 71.8 Å². The maximum absolute atomic E-state index is 13.1. The minimum absolute atomic E-state index is 0.300. The predicted molar refractivity (Wildman–Crippen MR) is 152 cm³/mol. The van der Waals surface area contributed by atoms with Gasteiger partial charge in [0, 0.05) is 16.8 Å². The van der Waals surface area contributed by atoms with Crippen LogP contribution in [0.1, 0.15) is 10.9 Å². The van der Waals surface area contributed by atoms with Crippen LogP contribution in [0.4, 0.5) is 27.6 Å². The lowest BCUT2D eigenvalue weighted by atomic mass is 10.0. The van der Waals surface area contributed by atoms with Crippen molar-refractivity contribution in [1.29, 1.82) is 0 Å². The molecule has 0 aliphatic heterocycles. The maximum atomic E-state index is 13.1. The number of hydrogen-bond acceptors (Lipinski definition) is 6. The average molecular weight is 599 g/mol. The molecule has 1 atom stereocenters. The molecule has 42 heavy (non-hydrogen) atoms. The average Bonchev–Trinajstić information content (AvgIpc) is 3.47. The first-order valence-corrected chi connectivity index (χ1v) is 13.0. The smallest absolute Gasteiger partial charge is 0.496 e. The van der Waals surface area contributed by atoms with Crippen LogP contribution in [0.3, 0.4) is 0 Å². The molecule has 0 radical (unpaired) electrons. The number of benzene rings is 4. The number of thiol groups is 1. The molecule has 1 N–H and O–H groups in total. The number of para-hydroxylation sites is 1. The quantitative estimate of drug-likeness (QED) is 0.102. The highest BCUT2D eigenvalue weighted by atomic mass is 32.1. The minimum Gasteiger partial charge on any atom is -0.496 e. The van der Waals surface area contributed by atoms with Gasteiger partial charge in [-0.3, -0.25) is 0 Å². The monoisotopic (exact) mass is 598 g/mol. The predicted octanol–water partition coefficient (Wildman–Crippen LogP) is 8.18. The fraction of sp³-hybridized carbons (Fsp3) is 0.133. The number of ether oxygens (including phenoxy) is 2. The zero-order chi connectivity index (χ0) is 29.9. The first-order valence-electron chi connectivity index (χ1n) is 12.5. The second kappa shape index (κ2) is 11.7. The lowest BCUT2D eigenvalue weighted by Crippen LogP contribution is -2.41. The highest BCUT2D eigenvalue weighted by molar-refractivity contribution is 7.80. The van der Waals surface area contributed by atoms with E-state index in [4.69, 9.17) is 17.4 Å². The normalized spacial score (nSPS) is 12.5. The van der Waals surface area contributed by atoms with E-state index in [0.29, 0.717) is 17.1 Å². The summed E-state index contributed by atoms with van der Waals surface area (Å²) in [5.74, 6) is 0.525. The summed E-state index contributed by atoms with van der Waals surface area (Å²) in [6.07, 6.45) is -9.73. The second-order valence-electron chi connectivity index (χ2n) is 9.07. The lowest BCUT2D eigenvalue weighted by molar-refractivity contribution is -0.360. The number of aromatic nitrogens is 3. The molecule has 0 bridgehead atoms. The van der Waals surface area contributed by atoms with E-state index in [1.807, 2.05) is 72.8 Å². The third-order valence-electron chi connectivity index (χ3n) is 6.24. The third kappa shape index (κ3) is 6.33. The Labute approximate surface area is 243 Å². The number of rotatable bonds is 9. The Bertz CT molecular complexity index is 1660.